The summed E-state index contributed by atoms with van der Waals surface area (Å²) in [6, 6.07) is 6.82. The van der Waals surface area contributed by atoms with Crippen molar-refractivity contribution in [2.75, 3.05) is 0 Å². The van der Waals surface area contributed by atoms with Crippen molar-refractivity contribution in [3.63, 3.8) is 0 Å². The molecule has 2 amide bonds. The number of aromatic nitrogens is 1. The SMILES string of the molecule is O=C(NC1C=CC(C2(NC(=O)c3nccs3)CCC2)=CC1)c1cccc(Cl)c1. The van der Waals surface area contributed by atoms with Crippen LogP contribution in [0.3, 0.4) is 0 Å². The Hall–Kier alpha value is -2.44. The van der Waals surface area contributed by atoms with Gasteiger partial charge in [-0.3, -0.25) is 9.59 Å². The van der Waals surface area contributed by atoms with E-state index >= 15 is 0 Å². The van der Waals surface area contributed by atoms with E-state index in [4.69, 9.17) is 11.6 Å². The van der Waals surface area contributed by atoms with Crippen LogP contribution in [0.15, 0.2) is 59.6 Å². The Morgan fingerprint density at radius 2 is 2.11 bits per heavy atom. The molecule has 0 aliphatic heterocycles. The van der Waals surface area contributed by atoms with Crippen LogP contribution in [0, 0.1) is 0 Å². The smallest absolute Gasteiger partial charge is 0.280 e. The van der Waals surface area contributed by atoms with Gasteiger partial charge in [0, 0.05) is 22.2 Å². The Balaban J connectivity index is 1.40. The van der Waals surface area contributed by atoms with Gasteiger partial charge in [0.2, 0.25) is 0 Å². The van der Waals surface area contributed by atoms with E-state index < -0.39 is 0 Å². The maximum absolute atomic E-state index is 12.5. The molecule has 1 aromatic carbocycles. The van der Waals surface area contributed by atoms with E-state index in [1.54, 1.807) is 35.8 Å². The third-order valence-corrected chi connectivity index (χ3v) is 6.25. The lowest BCUT2D eigenvalue weighted by Crippen LogP contribution is -2.55. The third kappa shape index (κ3) is 3.88. The van der Waals surface area contributed by atoms with Crippen LogP contribution in [-0.2, 0) is 0 Å². The van der Waals surface area contributed by atoms with Gasteiger partial charge in [0.05, 0.1) is 11.6 Å². The second-order valence-corrected chi connectivity index (χ2v) is 8.40. The van der Waals surface area contributed by atoms with E-state index in [2.05, 4.69) is 21.7 Å². The lowest BCUT2D eigenvalue weighted by atomic mass is 9.70. The molecule has 1 atom stereocenters. The average molecular weight is 414 g/mol. The molecule has 5 nitrogen and oxygen atoms in total. The highest BCUT2D eigenvalue weighted by Crippen LogP contribution is 2.40. The van der Waals surface area contributed by atoms with E-state index in [-0.39, 0.29) is 23.4 Å². The number of nitrogens with one attached hydrogen (secondary N) is 2. The quantitative estimate of drug-likeness (QED) is 0.774. The first-order valence-electron chi connectivity index (χ1n) is 9.23. The molecule has 1 unspecified atom stereocenters. The van der Waals surface area contributed by atoms with Crippen molar-refractivity contribution in [1.82, 2.24) is 15.6 Å². The summed E-state index contributed by atoms with van der Waals surface area (Å²) in [5.74, 6) is -0.273. The van der Waals surface area contributed by atoms with Gasteiger partial charge in [0.15, 0.2) is 5.01 Å². The van der Waals surface area contributed by atoms with Gasteiger partial charge in [0.1, 0.15) is 0 Å². The Morgan fingerprint density at radius 3 is 2.71 bits per heavy atom. The number of carbonyl (C=O) groups is 2. The number of rotatable bonds is 5. The van der Waals surface area contributed by atoms with E-state index in [0.717, 1.165) is 24.8 Å². The number of hydrogen-bond acceptors (Lipinski definition) is 4. The summed E-state index contributed by atoms with van der Waals surface area (Å²) < 4.78 is 0. The molecule has 0 radical (unpaired) electrons. The average Bonchev–Trinajstić information content (AvgIpc) is 3.20. The number of benzene rings is 1. The summed E-state index contributed by atoms with van der Waals surface area (Å²) in [5.41, 5.74) is 1.33. The monoisotopic (exact) mass is 413 g/mol. The highest BCUT2D eigenvalue weighted by Gasteiger charge is 2.41. The van der Waals surface area contributed by atoms with Crippen LogP contribution in [0.1, 0.15) is 45.8 Å². The Kier molecular flexibility index (Phi) is 5.33. The number of halogens is 1. The molecule has 7 heteroatoms. The summed E-state index contributed by atoms with van der Waals surface area (Å²) in [4.78, 5) is 29.0. The fraction of sp³-hybridized carbons (Fsp3) is 0.286. The molecule has 1 fully saturated rings. The first-order valence-corrected chi connectivity index (χ1v) is 10.5. The third-order valence-electron chi connectivity index (χ3n) is 5.24. The number of hydrogen-bond donors (Lipinski definition) is 2. The Bertz CT molecular complexity index is 948. The van der Waals surface area contributed by atoms with Crippen molar-refractivity contribution in [2.24, 2.45) is 0 Å². The predicted molar refractivity (Wildman–Crippen MR) is 111 cm³/mol. The summed E-state index contributed by atoms with van der Waals surface area (Å²) >= 11 is 7.30. The zero-order valence-electron chi connectivity index (χ0n) is 15.2. The van der Waals surface area contributed by atoms with Gasteiger partial charge in [-0.25, -0.2) is 4.98 Å². The number of nitrogens with zero attached hydrogens (tertiary/aromatic N) is 1. The molecule has 0 bridgehead atoms. The number of amides is 2. The fourth-order valence-electron chi connectivity index (χ4n) is 3.59. The highest BCUT2D eigenvalue weighted by atomic mass is 35.5. The molecule has 2 aliphatic rings. The maximum Gasteiger partial charge on any atom is 0.280 e. The number of carbonyl (C=O) groups excluding carboxylic acids is 2. The molecule has 1 aromatic heterocycles. The van der Waals surface area contributed by atoms with Gasteiger partial charge < -0.3 is 10.6 Å². The molecule has 144 valence electrons. The molecule has 1 heterocycles. The lowest BCUT2D eigenvalue weighted by molar-refractivity contribution is 0.0868. The molecule has 0 spiro atoms. The van der Waals surface area contributed by atoms with Gasteiger partial charge >= 0.3 is 0 Å². The number of thiazole rings is 1. The second kappa shape index (κ2) is 7.89. The zero-order valence-corrected chi connectivity index (χ0v) is 16.7. The van der Waals surface area contributed by atoms with Gasteiger partial charge in [-0.15, -0.1) is 11.3 Å². The van der Waals surface area contributed by atoms with Crippen LogP contribution < -0.4 is 10.6 Å². The zero-order chi connectivity index (χ0) is 19.6. The van der Waals surface area contributed by atoms with Gasteiger partial charge in [0.25, 0.3) is 11.8 Å². The fourth-order valence-corrected chi connectivity index (χ4v) is 4.31. The molecule has 4 rings (SSSR count). The Morgan fingerprint density at radius 1 is 1.25 bits per heavy atom. The van der Waals surface area contributed by atoms with Crippen LogP contribution in [0.2, 0.25) is 5.02 Å². The minimum atomic E-state index is -0.318. The normalized spacial score (nSPS) is 20.0. The predicted octanol–water partition coefficient (Wildman–Crippen LogP) is 4.13. The van der Waals surface area contributed by atoms with Crippen LogP contribution in [0.4, 0.5) is 0 Å². The lowest BCUT2D eigenvalue weighted by Gasteiger charge is -2.44. The van der Waals surface area contributed by atoms with Crippen LogP contribution >= 0.6 is 22.9 Å². The standard InChI is InChI=1S/C21H20ClN3O2S/c22-16-4-1-3-14(13-16)18(26)24-17-7-5-15(6-8-17)21(9-2-10-21)25-19(27)20-23-11-12-28-20/h1,3-7,11-13,17H,2,8-10H2,(H,24,26)(H,25,27). The van der Waals surface area contributed by atoms with Crippen molar-refractivity contribution in [3.8, 4) is 0 Å². The highest BCUT2D eigenvalue weighted by molar-refractivity contribution is 7.11. The first kappa shape index (κ1) is 18.9. The van der Waals surface area contributed by atoms with Crippen molar-refractivity contribution >= 4 is 34.8 Å². The van der Waals surface area contributed by atoms with Crippen LogP contribution in [-0.4, -0.2) is 28.4 Å². The molecule has 28 heavy (non-hydrogen) atoms. The summed E-state index contributed by atoms with van der Waals surface area (Å²) in [5, 5.41) is 9.01. The van der Waals surface area contributed by atoms with Gasteiger partial charge in [-0.2, -0.15) is 0 Å². The van der Waals surface area contributed by atoms with E-state index in [0.29, 0.717) is 22.0 Å². The minimum Gasteiger partial charge on any atom is -0.346 e. The molecular formula is C21H20ClN3O2S. The molecule has 2 aromatic rings. The Labute approximate surface area is 172 Å². The topological polar surface area (TPSA) is 71.1 Å². The van der Waals surface area contributed by atoms with Gasteiger partial charge in [-0.05, 0) is 49.5 Å². The van der Waals surface area contributed by atoms with E-state index in [1.165, 1.54) is 11.3 Å². The van der Waals surface area contributed by atoms with Crippen molar-refractivity contribution in [2.45, 2.75) is 37.3 Å². The first-order chi connectivity index (χ1) is 13.6. The van der Waals surface area contributed by atoms with Crippen LogP contribution in [0.25, 0.3) is 0 Å². The maximum atomic E-state index is 12.5. The minimum absolute atomic E-state index is 0.0815. The van der Waals surface area contributed by atoms with Crippen molar-refractivity contribution < 1.29 is 9.59 Å². The van der Waals surface area contributed by atoms with Gasteiger partial charge in [-0.1, -0.05) is 35.9 Å². The van der Waals surface area contributed by atoms with E-state index in [9.17, 15) is 9.59 Å². The summed E-state index contributed by atoms with van der Waals surface area (Å²) in [7, 11) is 0. The summed E-state index contributed by atoms with van der Waals surface area (Å²) in [6.07, 6.45) is 11.4. The molecule has 2 N–H and O–H groups in total. The molecule has 0 saturated heterocycles. The molecule has 2 aliphatic carbocycles. The molecule has 1 saturated carbocycles. The largest absolute Gasteiger partial charge is 0.346 e. The van der Waals surface area contributed by atoms with Crippen LogP contribution in [0.5, 0.6) is 0 Å². The molecular weight excluding hydrogens is 394 g/mol. The van der Waals surface area contributed by atoms with Crippen molar-refractivity contribution in [1.29, 1.82) is 0 Å². The second-order valence-electron chi connectivity index (χ2n) is 7.07. The summed E-state index contributed by atoms with van der Waals surface area (Å²) in [6.45, 7) is 0. The van der Waals surface area contributed by atoms with Crippen molar-refractivity contribution in [3.05, 3.63) is 75.2 Å². The van der Waals surface area contributed by atoms with E-state index in [1.807, 2.05) is 12.2 Å².